The number of hydrogen-bond donors (Lipinski definition) is 0. The lowest BCUT2D eigenvalue weighted by atomic mass is 10.1. The van der Waals surface area contributed by atoms with E-state index in [9.17, 15) is 8.42 Å². The van der Waals surface area contributed by atoms with Gasteiger partial charge in [-0.2, -0.15) is 13.3 Å². The molecule has 42 heavy (non-hydrogen) atoms. The first kappa shape index (κ1) is 27.9. The lowest BCUT2D eigenvalue weighted by Crippen LogP contribution is -2.28. The molecule has 0 amide bonds. The molecule has 5 aromatic rings. The molecule has 0 N–H and O–H groups in total. The summed E-state index contributed by atoms with van der Waals surface area (Å²) < 4.78 is 31.2. The van der Waals surface area contributed by atoms with Gasteiger partial charge in [-0.1, -0.05) is 121 Å². The Bertz CT molecular complexity index is 1860. The molecular formula is C33H26ClN4O2PS. The van der Waals surface area contributed by atoms with E-state index in [0.717, 1.165) is 27.2 Å². The minimum absolute atomic E-state index is 0.0414. The van der Waals surface area contributed by atoms with Crippen LogP contribution in [0.2, 0.25) is 5.02 Å². The van der Waals surface area contributed by atoms with Crippen molar-refractivity contribution < 1.29 is 8.42 Å². The molecule has 5 aromatic carbocycles. The van der Waals surface area contributed by atoms with Crippen LogP contribution in [-0.4, -0.2) is 27.0 Å². The number of anilines is 1. The van der Waals surface area contributed by atoms with Crippen LogP contribution in [0.15, 0.2) is 159 Å². The number of rotatable bonds is 6. The Kier molecular flexibility index (Phi) is 7.65. The Morgan fingerprint density at radius 1 is 0.643 bits per heavy atom. The normalized spacial score (nSPS) is 15.1. The van der Waals surface area contributed by atoms with Crippen LogP contribution in [0.1, 0.15) is 5.56 Å². The van der Waals surface area contributed by atoms with Crippen LogP contribution in [0.4, 0.5) is 5.69 Å². The Hall–Kier alpha value is -4.29. The van der Waals surface area contributed by atoms with Crippen molar-refractivity contribution >= 4 is 61.8 Å². The lowest BCUT2D eigenvalue weighted by molar-refractivity contribution is 0.598. The molecular weight excluding hydrogens is 583 g/mol. The Morgan fingerprint density at radius 2 is 1.12 bits per heavy atom. The summed E-state index contributed by atoms with van der Waals surface area (Å²) in [6, 6.07) is 44.0. The molecule has 0 fully saturated rings. The van der Waals surface area contributed by atoms with Gasteiger partial charge in [-0.25, -0.2) is 0 Å². The van der Waals surface area contributed by atoms with E-state index in [1.54, 1.807) is 11.9 Å². The van der Waals surface area contributed by atoms with Crippen molar-refractivity contribution in [2.24, 2.45) is 14.4 Å². The second-order valence-electron chi connectivity index (χ2n) is 9.60. The molecule has 1 heterocycles. The smallest absolute Gasteiger partial charge is 0.284 e. The van der Waals surface area contributed by atoms with Crippen molar-refractivity contribution in [1.82, 2.24) is 0 Å². The van der Waals surface area contributed by atoms with Gasteiger partial charge in [0.1, 0.15) is 5.71 Å². The second-order valence-corrected chi connectivity index (χ2v) is 14.6. The minimum Gasteiger partial charge on any atom is -0.326 e. The van der Waals surface area contributed by atoms with E-state index in [0.29, 0.717) is 10.7 Å². The predicted molar refractivity (Wildman–Crippen MR) is 175 cm³/mol. The summed E-state index contributed by atoms with van der Waals surface area (Å²) >= 11 is 6.01. The fourth-order valence-electron chi connectivity index (χ4n) is 4.98. The highest BCUT2D eigenvalue weighted by molar-refractivity contribution is 7.90. The van der Waals surface area contributed by atoms with Gasteiger partial charge in [0.15, 0.2) is 5.84 Å². The van der Waals surface area contributed by atoms with Gasteiger partial charge in [0.2, 0.25) is 0 Å². The summed E-state index contributed by atoms with van der Waals surface area (Å²) in [6.07, 6.45) is 0. The average Bonchev–Trinajstić information content (AvgIpc) is 3.29. The fraction of sp³-hybridized carbons (Fsp3) is 0.0303. The van der Waals surface area contributed by atoms with Crippen LogP contribution in [0.25, 0.3) is 0 Å². The standard InChI is InChI=1S/C33H26ClN4O2PS/c1-38-31-20-12-11-19-30(31)32(33(38)36-42(39,40)29-23-21-25(34)22-24-29)35-37-41(26-13-5-2-6-14-26,27-15-7-3-8-16-27)28-17-9-4-10-18-28/h2-24H,1H3/b35-32+,36-33+. The van der Waals surface area contributed by atoms with E-state index in [-0.39, 0.29) is 10.7 Å². The molecule has 9 heteroatoms. The molecule has 0 atom stereocenters. The van der Waals surface area contributed by atoms with E-state index < -0.39 is 17.1 Å². The first-order valence-electron chi connectivity index (χ1n) is 13.2. The largest absolute Gasteiger partial charge is 0.326 e. The topological polar surface area (TPSA) is 74.5 Å². The quantitative estimate of drug-likeness (QED) is 0.164. The first-order valence-corrected chi connectivity index (χ1v) is 16.8. The highest BCUT2D eigenvalue weighted by Gasteiger charge is 2.33. The van der Waals surface area contributed by atoms with Crippen molar-refractivity contribution in [2.75, 3.05) is 11.9 Å². The third kappa shape index (κ3) is 5.12. The number of benzene rings is 5. The van der Waals surface area contributed by atoms with Gasteiger partial charge >= 0.3 is 0 Å². The first-order chi connectivity index (χ1) is 20.4. The molecule has 0 radical (unpaired) electrons. The summed E-state index contributed by atoms with van der Waals surface area (Å²) in [4.78, 5) is 7.01. The van der Waals surface area contributed by atoms with Gasteiger partial charge in [0, 0.05) is 33.5 Å². The maximum Gasteiger partial charge on any atom is 0.284 e. The fourth-order valence-corrected chi connectivity index (χ4v) is 9.37. The molecule has 0 unspecified atom stereocenters. The van der Waals surface area contributed by atoms with Gasteiger partial charge in [-0.05, 0) is 30.3 Å². The van der Waals surface area contributed by atoms with Gasteiger partial charge in [0.05, 0.1) is 17.6 Å². The van der Waals surface area contributed by atoms with Crippen LogP contribution in [0.3, 0.4) is 0 Å². The van der Waals surface area contributed by atoms with Crippen LogP contribution >= 0.6 is 18.7 Å². The molecule has 0 saturated heterocycles. The summed E-state index contributed by atoms with van der Waals surface area (Å²) in [6.45, 7) is 0. The second kappa shape index (κ2) is 11.5. The molecule has 208 valence electrons. The highest BCUT2D eigenvalue weighted by atomic mass is 35.5. The predicted octanol–water partition coefficient (Wildman–Crippen LogP) is 6.46. The van der Waals surface area contributed by atoms with E-state index >= 15 is 0 Å². The molecule has 0 bridgehead atoms. The van der Waals surface area contributed by atoms with Gasteiger partial charge < -0.3 is 4.90 Å². The van der Waals surface area contributed by atoms with E-state index in [2.05, 4.69) is 40.8 Å². The van der Waals surface area contributed by atoms with Crippen molar-refractivity contribution in [1.29, 1.82) is 0 Å². The Morgan fingerprint density at radius 3 is 1.64 bits per heavy atom. The molecule has 0 spiro atoms. The zero-order valence-corrected chi connectivity index (χ0v) is 25.1. The molecule has 0 aliphatic carbocycles. The molecule has 1 aliphatic heterocycles. The zero-order chi connectivity index (χ0) is 29.2. The Labute approximate surface area is 250 Å². The lowest BCUT2D eigenvalue weighted by Gasteiger charge is -2.25. The third-order valence-electron chi connectivity index (χ3n) is 7.04. The van der Waals surface area contributed by atoms with Gasteiger partial charge in [0.25, 0.3) is 10.0 Å². The number of sulfonamides is 1. The van der Waals surface area contributed by atoms with E-state index in [1.807, 2.05) is 78.9 Å². The van der Waals surface area contributed by atoms with Crippen LogP contribution in [0, 0.1) is 0 Å². The number of para-hydroxylation sites is 1. The Balaban J connectivity index is 1.65. The number of likely N-dealkylation sites (N-methyl/N-ethyl adjacent to an activating group) is 1. The van der Waals surface area contributed by atoms with E-state index in [4.69, 9.17) is 21.6 Å². The molecule has 6 nitrogen and oxygen atoms in total. The number of amidine groups is 1. The van der Waals surface area contributed by atoms with Crippen LogP contribution < -0.4 is 20.8 Å². The zero-order valence-electron chi connectivity index (χ0n) is 22.6. The minimum atomic E-state index is -4.08. The van der Waals surface area contributed by atoms with Crippen molar-refractivity contribution in [3.05, 3.63) is 150 Å². The van der Waals surface area contributed by atoms with Gasteiger partial charge in [-0.15, -0.1) is 9.50 Å². The number of nitrogens with zero attached hydrogens (tertiary/aromatic N) is 4. The summed E-state index contributed by atoms with van der Waals surface area (Å²) in [5.41, 5.74) is 1.93. The number of hydrogen-bond acceptors (Lipinski definition) is 3. The number of halogens is 1. The van der Waals surface area contributed by atoms with Crippen molar-refractivity contribution in [3.63, 3.8) is 0 Å². The van der Waals surface area contributed by atoms with E-state index in [1.165, 1.54) is 24.3 Å². The van der Waals surface area contributed by atoms with Crippen LogP contribution in [0.5, 0.6) is 0 Å². The summed E-state index contributed by atoms with van der Waals surface area (Å²) in [7, 11) is -4.98. The maximum atomic E-state index is 13.5. The molecule has 6 rings (SSSR count). The van der Waals surface area contributed by atoms with Crippen LogP contribution in [-0.2, 0) is 10.0 Å². The third-order valence-corrected chi connectivity index (χ3v) is 12.1. The highest BCUT2D eigenvalue weighted by Crippen LogP contribution is 2.47. The van der Waals surface area contributed by atoms with Crippen molar-refractivity contribution in [2.45, 2.75) is 4.90 Å². The summed E-state index contributed by atoms with van der Waals surface area (Å²) in [5.74, 6) is 0.196. The molecule has 0 aromatic heterocycles. The summed E-state index contributed by atoms with van der Waals surface area (Å²) in [5, 5.41) is 8.44. The molecule has 0 saturated carbocycles. The molecule has 1 aliphatic rings. The number of fused-ring (bicyclic) bond motifs is 1. The average molecular weight is 609 g/mol. The SMILES string of the molecule is CN1C(=N/S(=O)(=O)c2ccc(Cl)cc2)/C(=N/N=P(c2ccccc2)(c2ccccc2)c2ccccc2)c2ccccc21. The van der Waals surface area contributed by atoms with Crippen molar-refractivity contribution in [3.8, 4) is 0 Å². The van der Waals surface area contributed by atoms with Gasteiger partial charge in [-0.3, -0.25) is 0 Å². The monoisotopic (exact) mass is 608 g/mol. The maximum absolute atomic E-state index is 13.5.